The number of rotatable bonds is 5. The molecule has 1 aliphatic rings. The highest BCUT2D eigenvalue weighted by atomic mass is 32.2. The van der Waals surface area contributed by atoms with E-state index in [1.807, 2.05) is 0 Å². The van der Waals surface area contributed by atoms with Gasteiger partial charge in [-0.25, -0.2) is 8.42 Å². The largest absolute Gasteiger partial charge is 0.481 e. The maximum absolute atomic E-state index is 11.8. The Bertz CT molecular complexity index is 418. The molecule has 18 heavy (non-hydrogen) atoms. The Hall–Kier alpha value is -1.15. The lowest BCUT2D eigenvalue weighted by atomic mass is 10.2. The summed E-state index contributed by atoms with van der Waals surface area (Å²) in [5.74, 6) is -1.90. The molecule has 0 spiro atoms. The molecule has 8 heteroatoms. The average molecular weight is 279 g/mol. The molecule has 0 aromatic carbocycles. The van der Waals surface area contributed by atoms with Gasteiger partial charge >= 0.3 is 5.97 Å². The molecular formula is C10H17NO6S. The van der Waals surface area contributed by atoms with Crippen LogP contribution in [0.2, 0.25) is 0 Å². The SMILES string of the molecule is CCOCC(=O)N1CCS(=O)(=O)CC1CC(=O)O. The Balaban J connectivity index is 2.74. The second-order valence-electron chi connectivity index (χ2n) is 4.09. The van der Waals surface area contributed by atoms with Crippen LogP contribution in [0.4, 0.5) is 0 Å². The van der Waals surface area contributed by atoms with Crippen LogP contribution in [0.15, 0.2) is 0 Å². The smallest absolute Gasteiger partial charge is 0.305 e. The molecule has 1 N–H and O–H groups in total. The molecule has 0 radical (unpaired) electrons. The number of hydrogen-bond acceptors (Lipinski definition) is 5. The summed E-state index contributed by atoms with van der Waals surface area (Å²) < 4.78 is 27.9. The van der Waals surface area contributed by atoms with Crippen molar-refractivity contribution in [3.63, 3.8) is 0 Å². The summed E-state index contributed by atoms with van der Waals surface area (Å²) in [4.78, 5) is 23.8. The quantitative estimate of drug-likeness (QED) is 0.701. The van der Waals surface area contributed by atoms with Gasteiger partial charge in [-0.3, -0.25) is 9.59 Å². The number of amides is 1. The van der Waals surface area contributed by atoms with Crippen LogP contribution in [-0.2, 0) is 24.2 Å². The summed E-state index contributed by atoms with van der Waals surface area (Å²) in [5, 5.41) is 8.75. The first-order chi connectivity index (χ1) is 8.35. The standard InChI is InChI=1S/C10H17NO6S/c1-2-17-6-9(12)11-3-4-18(15,16)7-8(11)5-10(13)14/h8H,2-7H2,1H3,(H,13,14). The molecule has 104 valence electrons. The Morgan fingerprint density at radius 3 is 2.67 bits per heavy atom. The molecule has 0 aromatic heterocycles. The normalized spacial score (nSPS) is 22.7. The van der Waals surface area contributed by atoms with Crippen molar-refractivity contribution in [1.29, 1.82) is 0 Å². The summed E-state index contributed by atoms with van der Waals surface area (Å²) in [7, 11) is -3.26. The zero-order chi connectivity index (χ0) is 13.8. The number of hydrogen-bond donors (Lipinski definition) is 1. The van der Waals surface area contributed by atoms with Gasteiger partial charge in [-0.1, -0.05) is 0 Å². The van der Waals surface area contributed by atoms with Crippen molar-refractivity contribution in [2.24, 2.45) is 0 Å². The molecule has 1 aliphatic heterocycles. The van der Waals surface area contributed by atoms with Crippen LogP contribution in [0, 0.1) is 0 Å². The minimum Gasteiger partial charge on any atom is -0.481 e. The van der Waals surface area contributed by atoms with Gasteiger partial charge in [0.1, 0.15) is 6.61 Å². The van der Waals surface area contributed by atoms with Crippen LogP contribution in [0.1, 0.15) is 13.3 Å². The number of nitrogens with zero attached hydrogens (tertiary/aromatic N) is 1. The fourth-order valence-corrected chi connectivity index (χ4v) is 3.38. The van der Waals surface area contributed by atoms with Gasteiger partial charge in [-0.05, 0) is 6.92 Å². The van der Waals surface area contributed by atoms with Crippen molar-refractivity contribution in [3.8, 4) is 0 Å². The van der Waals surface area contributed by atoms with Crippen molar-refractivity contribution in [2.45, 2.75) is 19.4 Å². The summed E-state index contributed by atoms with van der Waals surface area (Å²) in [5.41, 5.74) is 0. The third-order valence-corrected chi connectivity index (χ3v) is 4.39. The Labute approximate surface area is 106 Å². The highest BCUT2D eigenvalue weighted by Crippen LogP contribution is 2.15. The zero-order valence-corrected chi connectivity index (χ0v) is 11.0. The Kier molecular flexibility index (Phi) is 5.09. The lowest BCUT2D eigenvalue weighted by Gasteiger charge is -2.34. The molecule has 1 fully saturated rings. The van der Waals surface area contributed by atoms with E-state index in [1.54, 1.807) is 6.92 Å². The third kappa shape index (κ3) is 4.26. The molecule has 0 aromatic rings. The van der Waals surface area contributed by atoms with Crippen LogP contribution in [-0.4, -0.2) is 67.6 Å². The Morgan fingerprint density at radius 1 is 1.44 bits per heavy atom. The fraction of sp³-hybridized carbons (Fsp3) is 0.800. The molecule has 1 rings (SSSR count). The topological polar surface area (TPSA) is 101 Å². The van der Waals surface area contributed by atoms with E-state index >= 15 is 0 Å². The number of carboxylic acids is 1. The molecule has 1 atom stereocenters. The van der Waals surface area contributed by atoms with Gasteiger partial charge in [0.25, 0.3) is 0 Å². The summed E-state index contributed by atoms with van der Waals surface area (Å²) >= 11 is 0. The fourth-order valence-electron chi connectivity index (χ4n) is 1.86. The monoisotopic (exact) mass is 279 g/mol. The first-order valence-corrected chi connectivity index (χ1v) is 7.47. The predicted molar refractivity (Wildman–Crippen MR) is 62.9 cm³/mol. The highest BCUT2D eigenvalue weighted by Gasteiger charge is 2.35. The van der Waals surface area contributed by atoms with Gasteiger partial charge in [0, 0.05) is 13.2 Å². The van der Waals surface area contributed by atoms with E-state index in [2.05, 4.69) is 0 Å². The third-order valence-electron chi connectivity index (χ3n) is 2.69. The number of aliphatic carboxylic acids is 1. The summed E-state index contributed by atoms with van der Waals surface area (Å²) in [6.07, 6.45) is -0.364. The molecule has 1 saturated heterocycles. The summed E-state index contributed by atoms with van der Waals surface area (Å²) in [6.45, 7) is 2.00. The van der Waals surface area contributed by atoms with E-state index < -0.39 is 21.8 Å². The van der Waals surface area contributed by atoms with Crippen LogP contribution >= 0.6 is 0 Å². The number of sulfone groups is 1. The molecule has 0 saturated carbocycles. The number of ether oxygens (including phenoxy) is 1. The lowest BCUT2D eigenvalue weighted by Crippen LogP contribution is -2.53. The van der Waals surface area contributed by atoms with Gasteiger partial charge in [-0.15, -0.1) is 0 Å². The van der Waals surface area contributed by atoms with E-state index in [1.165, 1.54) is 4.90 Å². The van der Waals surface area contributed by atoms with Gasteiger partial charge < -0.3 is 14.7 Å². The average Bonchev–Trinajstić information content (AvgIpc) is 2.24. The first kappa shape index (κ1) is 14.9. The maximum atomic E-state index is 11.8. The minimum absolute atomic E-state index is 0.0339. The minimum atomic E-state index is -3.26. The van der Waals surface area contributed by atoms with Crippen LogP contribution in [0.25, 0.3) is 0 Å². The summed E-state index contributed by atoms with van der Waals surface area (Å²) in [6, 6.07) is -0.797. The van der Waals surface area contributed by atoms with E-state index in [0.29, 0.717) is 6.61 Å². The van der Waals surface area contributed by atoms with E-state index in [9.17, 15) is 18.0 Å². The number of carbonyl (C=O) groups excluding carboxylic acids is 1. The van der Waals surface area contributed by atoms with Crippen LogP contribution in [0.5, 0.6) is 0 Å². The molecule has 0 bridgehead atoms. The molecule has 0 aliphatic carbocycles. The maximum Gasteiger partial charge on any atom is 0.305 e. The zero-order valence-electron chi connectivity index (χ0n) is 10.2. The van der Waals surface area contributed by atoms with E-state index in [4.69, 9.17) is 9.84 Å². The van der Waals surface area contributed by atoms with Crippen molar-refractivity contribution < 1.29 is 27.9 Å². The molecule has 1 unspecified atom stereocenters. The van der Waals surface area contributed by atoms with Crippen LogP contribution < -0.4 is 0 Å². The van der Waals surface area contributed by atoms with Crippen LogP contribution in [0.3, 0.4) is 0 Å². The van der Waals surface area contributed by atoms with Crippen molar-refractivity contribution in [1.82, 2.24) is 4.90 Å². The van der Waals surface area contributed by atoms with Gasteiger partial charge in [-0.2, -0.15) is 0 Å². The van der Waals surface area contributed by atoms with Gasteiger partial charge in [0.2, 0.25) is 5.91 Å². The Morgan fingerprint density at radius 2 is 2.11 bits per heavy atom. The second kappa shape index (κ2) is 6.14. The number of carboxylic acid groups (broad SMARTS) is 1. The van der Waals surface area contributed by atoms with E-state index in [0.717, 1.165) is 0 Å². The van der Waals surface area contributed by atoms with Gasteiger partial charge in [0.05, 0.1) is 24.0 Å². The first-order valence-electron chi connectivity index (χ1n) is 5.65. The van der Waals surface area contributed by atoms with Crippen molar-refractivity contribution in [3.05, 3.63) is 0 Å². The predicted octanol–water partition coefficient (Wildman–Crippen LogP) is -0.877. The molecular weight excluding hydrogens is 262 g/mol. The molecule has 7 nitrogen and oxygen atoms in total. The molecule has 1 heterocycles. The second-order valence-corrected chi connectivity index (χ2v) is 6.32. The highest BCUT2D eigenvalue weighted by molar-refractivity contribution is 7.91. The van der Waals surface area contributed by atoms with Crippen molar-refractivity contribution in [2.75, 3.05) is 31.3 Å². The van der Waals surface area contributed by atoms with E-state index in [-0.39, 0.29) is 37.0 Å². The lowest BCUT2D eigenvalue weighted by molar-refractivity contribution is -0.142. The van der Waals surface area contributed by atoms with Gasteiger partial charge in [0.15, 0.2) is 9.84 Å². The van der Waals surface area contributed by atoms with Crippen molar-refractivity contribution >= 4 is 21.7 Å². The number of carbonyl (C=O) groups is 2. The molecule has 1 amide bonds.